The molecule has 0 unspecified atom stereocenters. The minimum atomic E-state index is -0.366. The van der Waals surface area contributed by atoms with Gasteiger partial charge in [0, 0.05) is 0 Å². The molecule has 0 saturated heterocycles. The van der Waals surface area contributed by atoms with Gasteiger partial charge in [0.05, 0.1) is 18.0 Å². The Hall–Kier alpha value is -2.29. The van der Waals surface area contributed by atoms with Gasteiger partial charge in [0.15, 0.2) is 0 Å². The molecule has 0 heterocycles. The fourth-order valence-corrected chi connectivity index (χ4v) is 1.70. The third-order valence-corrected chi connectivity index (χ3v) is 2.48. The van der Waals surface area contributed by atoms with Crippen molar-refractivity contribution in [2.45, 2.75) is 6.92 Å². The van der Waals surface area contributed by atoms with E-state index in [4.69, 9.17) is 4.74 Å². The van der Waals surface area contributed by atoms with Gasteiger partial charge in [-0.25, -0.2) is 9.69 Å². The topological polar surface area (TPSA) is 29.5 Å². The quantitative estimate of drug-likeness (QED) is 0.813. The maximum atomic E-state index is 12.0. The number of nitrogens with zero attached hydrogens (tertiary/aromatic N) is 1. The molecule has 0 fully saturated rings. The van der Waals surface area contributed by atoms with Gasteiger partial charge in [-0.15, -0.1) is 0 Å². The summed E-state index contributed by atoms with van der Waals surface area (Å²) in [6.07, 6.45) is -0.366. The van der Waals surface area contributed by atoms with Crippen molar-refractivity contribution in [1.82, 2.24) is 0 Å². The van der Waals surface area contributed by atoms with E-state index in [0.717, 1.165) is 11.4 Å². The highest BCUT2D eigenvalue weighted by Gasteiger charge is 2.18. The summed E-state index contributed by atoms with van der Waals surface area (Å²) in [4.78, 5) is 13.6. The number of rotatable bonds is 3. The van der Waals surface area contributed by atoms with Gasteiger partial charge in [-0.2, -0.15) is 0 Å². The first-order valence-corrected chi connectivity index (χ1v) is 5.90. The number of carbonyl (C=O) groups is 1. The van der Waals surface area contributed by atoms with Gasteiger partial charge in [0.1, 0.15) is 0 Å². The third kappa shape index (κ3) is 2.69. The number of hydrogen-bond donors (Lipinski definition) is 0. The number of anilines is 2. The number of benzene rings is 2. The van der Waals surface area contributed by atoms with Crippen LogP contribution in [0.2, 0.25) is 0 Å². The summed E-state index contributed by atoms with van der Waals surface area (Å²) in [5, 5.41) is 0. The van der Waals surface area contributed by atoms with Crippen LogP contribution >= 0.6 is 0 Å². The molecule has 0 spiro atoms. The Labute approximate surface area is 107 Å². The van der Waals surface area contributed by atoms with Crippen molar-refractivity contribution in [3.05, 3.63) is 60.7 Å². The molecule has 2 aromatic rings. The lowest BCUT2D eigenvalue weighted by atomic mass is 10.2. The molecule has 0 N–H and O–H groups in total. The van der Waals surface area contributed by atoms with Crippen LogP contribution in [-0.4, -0.2) is 12.7 Å². The molecule has 2 aromatic carbocycles. The van der Waals surface area contributed by atoms with E-state index in [1.807, 2.05) is 60.7 Å². The second kappa shape index (κ2) is 5.87. The number of para-hydroxylation sites is 2. The molecule has 3 nitrogen and oxygen atoms in total. The Bertz CT molecular complexity index is 457. The van der Waals surface area contributed by atoms with Crippen molar-refractivity contribution in [3.8, 4) is 0 Å². The molecule has 0 saturated carbocycles. The average Bonchev–Trinajstić information content (AvgIpc) is 2.42. The van der Waals surface area contributed by atoms with Crippen LogP contribution in [-0.2, 0) is 4.74 Å². The minimum absolute atomic E-state index is 0.356. The van der Waals surface area contributed by atoms with Crippen molar-refractivity contribution in [2.75, 3.05) is 11.5 Å². The summed E-state index contributed by atoms with van der Waals surface area (Å²) in [6.45, 7) is 2.15. The molecule has 0 aliphatic carbocycles. The van der Waals surface area contributed by atoms with Crippen LogP contribution in [0, 0.1) is 0 Å². The van der Waals surface area contributed by atoms with Crippen molar-refractivity contribution < 1.29 is 9.53 Å². The predicted octanol–water partition coefficient (Wildman–Crippen LogP) is 3.98. The summed E-state index contributed by atoms with van der Waals surface area (Å²) in [5.41, 5.74) is 1.59. The first-order valence-electron chi connectivity index (χ1n) is 5.90. The second-order valence-corrected chi connectivity index (χ2v) is 3.71. The molecule has 0 aliphatic heterocycles. The third-order valence-electron chi connectivity index (χ3n) is 2.48. The Kier molecular flexibility index (Phi) is 3.97. The van der Waals surface area contributed by atoms with Crippen LogP contribution in [0.15, 0.2) is 60.7 Å². The van der Waals surface area contributed by atoms with E-state index < -0.39 is 0 Å². The lowest BCUT2D eigenvalue weighted by Crippen LogP contribution is -2.26. The van der Waals surface area contributed by atoms with Gasteiger partial charge in [0.25, 0.3) is 0 Å². The maximum absolute atomic E-state index is 12.0. The Morgan fingerprint density at radius 1 is 0.944 bits per heavy atom. The van der Waals surface area contributed by atoms with Crippen LogP contribution in [0.25, 0.3) is 0 Å². The first-order chi connectivity index (χ1) is 8.83. The highest BCUT2D eigenvalue weighted by atomic mass is 16.6. The van der Waals surface area contributed by atoms with E-state index >= 15 is 0 Å². The van der Waals surface area contributed by atoms with Gasteiger partial charge >= 0.3 is 6.09 Å². The Morgan fingerprint density at radius 2 is 1.39 bits per heavy atom. The van der Waals surface area contributed by atoms with Gasteiger partial charge in [0.2, 0.25) is 0 Å². The van der Waals surface area contributed by atoms with Gasteiger partial charge in [-0.05, 0) is 31.2 Å². The largest absolute Gasteiger partial charge is 0.449 e. The van der Waals surface area contributed by atoms with Gasteiger partial charge in [-0.1, -0.05) is 36.4 Å². The lowest BCUT2D eigenvalue weighted by molar-refractivity contribution is 0.162. The molecule has 18 heavy (non-hydrogen) atoms. The van der Waals surface area contributed by atoms with Crippen LogP contribution in [0.1, 0.15) is 6.92 Å². The van der Waals surface area contributed by atoms with Crippen molar-refractivity contribution in [2.24, 2.45) is 0 Å². The highest BCUT2D eigenvalue weighted by molar-refractivity contribution is 5.95. The van der Waals surface area contributed by atoms with E-state index in [2.05, 4.69) is 0 Å². The Balaban J connectivity index is 2.38. The molecule has 0 radical (unpaired) electrons. The van der Waals surface area contributed by atoms with Crippen LogP contribution in [0.3, 0.4) is 0 Å². The predicted molar refractivity (Wildman–Crippen MR) is 72.0 cm³/mol. The highest BCUT2D eigenvalue weighted by Crippen LogP contribution is 2.25. The van der Waals surface area contributed by atoms with Crippen molar-refractivity contribution >= 4 is 17.5 Å². The van der Waals surface area contributed by atoms with E-state index in [1.165, 1.54) is 0 Å². The van der Waals surface area contributed by atoms with E-state index in [0.29, 0.717) is 6.61 Å². The molecule has 92 valence electrons. The Morgan fingerprint density at radius 3 is 1.78 bits per heavy atom. The first kappa shape index (κ1) is 12.2. The summed E-state index contributed by atoms with van der Waals surface area (Å²) in [6, 6.07) is 18.9. The molecule has 0 atom stereocenters. The smallest absolute Gasteiger partial charge is 0.418 e. The normalized spacial score (nSPS) is 9.83. The molecular weight excluding hydrogens is 226 g/mol. The summed E-state index contributed by atoms with van der Waals surface area (Å²) >= 11 is 0. The molecule has 1 amide bonds. The zero-order valence-electron chi connectivity index (χ0n) is 10.2. The van der Waals surface area contributed by atoms with Crippen LogP contribution in [0.5, 0.6) is 0 Å². The number of hydrogen-bond acceptors (Lipinski definition) is 2. The van der Waals surface area contributed by atoms with Gasteiger partial charge in [-0.3, -0.25) is 0 Å². The minimum Gasteiger partial charge on any atom is -0.449 e. The SMILES string of the molecule is CCOC(=O)N(c1ccccc1)c1ccccc1. The average molecular weight is 241 g/mol. The fraction of sp³-hybridized carbons (Fsp3) is 0.133. The lowest BCUT2D eigenvalue weighted by Gasteiger charge is -2.21. The molecule has 0 aliphatic rings. The van der Waals surface area contributed by atoms with E-state index in [1.54, 1.807) is 11.8 Å². The number of amides is 1. The zero-order valence-corrected chi connectivity index (χ0v) is 10.2. The number of carbonyl (C=O) groups excluding carboxylic acids is 1. The second-order valence-electron chi connectivity index (χ2n) is 3.71. The molecule has 0 bridgehead atoms. The zero-order chi connectivity index (χ0) is 12.8. The monoisotopic (exact) mass is 241 g/mol. The van der Waals surface area contributed by atoms with Crippen molar-refractivity contribution in [3.63, 3.8) is 0 Å². The summed E-state index contributed by atoms with van der Waals surface area (Å²) < 4.78 is 5.10. The fourth-order valence-electron chi connectivity index (χ4n) is 1.70. The number of ether oxygens (including phenoxy) is 1. The van der Waals surface area contributed by atoms with Gasteiger partial charge < -0.3 is 4.74 Å². The molecule has 0 aromatic heterocycles. The standard InChI is InChI=1S/C15H15NO2/c1-2-18-15(17)16(13-9-5-3-6-10-13)14-11-7-4-8-12-14/h3-12H,2H2,1H3. The van der Waals surface area contributed by atoms with E-state index in [9.17, 15) is 4.79 Å². The summed E-state index contributed by atoms with van der Waals surface area (Å²) in [5.74, 6) is 0. The summed E-state index contributed by atoms with van der Waals surface area (Å²) in [7, 11) is 0. The molecule has 3 heteroatoms. The van der Waals surface area contributed by atoms with Crippen molar-refractivity contribution in [1.29, 1.82) is 0 Å². The maximum Gasteiger partial charge on any atom is 0.418 e. The van der Waals surface area contributed by atoms with E-state index in [-0.39, 0.29) is 6.09 Å². The van der Waals surface area contributed by atoms with Crippen LogP contribution < -0.4 is 4.90 Å². The molecule has 2 rings (SSSR count). The molecular formula is C15H15NO2. The van der Waals surface area contributed by atoms with Crippen LogP contribution in [0.4, 0.5) is 16.2 Å².